The standard InChI is InChI=1S/C14H14N2O/c1-11-4-2-5-12(8-11)9-16-7-3-6-13(10-16)14(15)17/h2-8,10H,9H2,1H3,(H-,15,17)/p+1. The second-order valence-electron chi connectivity index (χ2n) is 4.12. The van der Waals surface area contributed by atoms with E-state index in [2.05, 4.69) is 25.1 Å². The van der Waals surface area contributed by atoms with E-state index >= 15 is 0 Å². The van der Waals surface area contributed by atoms with Gasteiger partial charge in [-0.25, -0.2) is 0 Å². The lowest BCUT2D eigenvalue weighted by Crippen LogP contribution is -2.35. The molecular formula is C14H15N2O+. The highest BCUT2D eigenvalue weighted by Crippen LogP contribution is 2.03. The maximum atomic E-state index is 11.1. The number of hydrogen-bond acceptors (Lipinski definition) is 1. The zero-order valence-electron chi connectivity index (χ0n) is 9.76. The van der Waals surface area contributed by atoms with Gasteiger partial charge in [-0.2, -0.15) is 4.57 Å². The Hall–Kier alpha value is -2.16. The first-order valence-electron chi connectivity index (χ1n) is 5.49. The van der Waals surface area contributed by atoms with E-state index in [-0.39, 0.29) is 0 Å². The average Bonchev–Trinajstić information content (AvgIpc) is 2.29. The van der Waals surface area contributed by atoms with Crippen LogP contribution in [0.1, 0.15) is 21.5 Å². The summed E-state index contributed by atoms with van der Waals surface area (Å²) in [5.41, 5.74) is 8.21. The third-order valence-electron chi connectivity index (χ3n) is 2.59. The van der Waals surface area contributed by atoms with Gasteiger partial charge in [0.25, 0.3) is 5.91 Å². The van der Waals surface area contributed by atoms with Crippen molar-refractivity contribution in [1.29, 1.82) is 0 Å². The fourth-order valence-electron chi connectivity index (χ4n) is 1.79. The molecule has 3 heteroatoms. The van der Waals surface area contributed by atoms with E-state index in [1.54, 1.807) is 12.3 Å². The number of carbonyl (C=O) groups excluding carboxylic acids is 1. The van der Waals surface area contributed by atoms with E-state index in [9.17, 15) is 4.79 Å². The molecule has 1 heterocycles. The molecule has 0 atom stereocenters. The summed E-state index contributed by atoms with van der Waals surface area (Å²) in [5, 5.41) is 0. The van der Waals surface area contributed by atoms with Gasteiger partial charge in [0.05, 0.1) is 0 Å². The molecule has 86 valence electrons. The zero-order chi connectivity index (χ0) is 12.3. The highest BCUT2D eigenvalue weighted by molar-refractivity contribution is 5.92. The van der Waals surface area contributed by atoms with Crippen LogP contribution in [0.25, 0.3) is 0 Å². The predicted molar refractivity (Wildman–Crippen MR) is 65.4 cm³/mol. The van der Waals surface area contributed by atoms with E-state index in [0.29, 0.717) is 5.56 Å². The first-order valence-corrected chi connectivity index (χ1v) is 5.49. The van der Waals surface area contributed by atoms with Gasteiger partial charge in [0.2, 0.25) is 0 Å². The molecule has 0 radical (unpaired) electrons. The Labute approximate surface area is 101 Å². The Balaban J connectivity index is 2.24. The fourth-order valence-corrected chi connectivity index (χ4v) is 1.79. The van der Waals surface area contributed by atoms with Gasteiger partial charge in [-0.05, 0) is 19.1 Å². The summed E-state index contributed by atoms with van der Waals surface area (Å²) >= 11 is 0. The molecule has 2 aromatic rings. The molecule has 2 rings (SSSR count). The minimum atomic E-state index is -0.399. The first-order chi connectivity index (χ1) is 8.15. The molecule has 0 spiro atoms. The van der Waals surface area contributed by atoms with Crippen molar-refractivity contribution < 1.29 is 9.36 Å². The number of nitrogens with two attached hydrogens (primary N) is 1. The number of aryl methyl sites for hydroxylation is 1. The van der Waals surface area contributed by atoms with Crippen molar-refractivity contribution >= 4 is 5.91 Å². The van der Waals surface area contributed by atoms with Crippen LogP contribution >= 0.6 is 0 Å². The minimum Gasteiger partial charge on any atom is -0.365 e. The lowest BCUT2D eigenvalue weighted by Gasteiger charge is -2.00. The second-order valence-corrected chi connectivity index (χ2v) is 4.12. The molecule has 0 aliphatic heterocycles. The van der Waals surface area contributed by atoms with Gasteiger partial charge in [-0.15, -0.1) is 0 Å². The lowest BCUT2D eigenvalue weighted by molar-refractivity contribution is -0.688. The maximum Gasteiger partial charge on any atom is 0.254 e. The number of primary amides is 1. The topological polar surface area (TPSA) is 47.0 Å². The van der Waals surface area contributed by atoms with E-state index in [4.69, 9.17) is 5.73 Å². The Kier molecular flexibility index (Phi) is 3.19. The van der Waals surface area contributed by atoms with Crippen molar-refractivity contribution in [3.8, 4) is 0 Å². The van der Waals surface area contributed by atoms with E-state index in [1.165, 1.54) is 11.1 Å². The van der Waals surface area contributed by atoms with Crippen molar-refractivity contribution in [3.05, 3.63) is 65.5 Å². The first kappa shape index (κ1) is 11.3. The molecule has 1 aromatic carbocycles. The monoisotopic (exact) mass is 227 g/mol. The third kappa shape index (κ3) is 2.91. The molecule has 3 nitrogen and oxygen atoms in total. The Bertz CT molecular complexity index is 549. The summed E-state index contributed by atoms with van der Waals surface area (Å²) in [6, 6.07) is 11.8. The van der Waals surface area contributed by atoms with Crippen LogP contribution in [0, 0.1) is 6.92 Å². The van der Waals surface area contributed by atoms with Gasteiger partial charge in [0, 0.05) is 11.6 Å². The Morgan fingerprint density at radius 1 is 1.29 bits per heavy atom. The summed E-state index contributed by atoms with van der Waals surface area (Å²) in [6.45, 7) is 2.80. The number of hydrogen-bond donors (Lipinski definition) is 1. The maximum absolute atomic E-state index is 11.1. The molecule has 0 aliphatic rings. The second kappa shape index (κ2) is 4.78. The number of benzene rings is 1. The Morgan fingerprint density at radius 2 is 2.12 bits per heavy atom. The number of nitrogens with zero attached hydrogens (tertiary/aromatic N) is 1. The quantitative estimate of drug-likeness (QED) is 0.792. The molecule has 2 N–H and O–H groups in total. The highest BCUT2D eigenvalue weighted by atomic mass is 16.1. The number of aromatic nitrogens is 1. The zero-order valence-corrected chi connectivity index (χ0v) is 9.76. The van der Waals surface area contributed by atoms with Crippen LogP contribution in [0.5, 0.6) is 0 Å². The van der Waals surface area contributed by atoms with Crippen molar-refractivity contribution in [3.63, 3.8) is 0 Å². The average molecular weight is 227 g/mol. The van der Waals surface area contributed by atoms with Crippen molar-refractivity contribution in [1.82, 2.24) is 0 Å². The molecular weight excluding hydrogens is 212 g/mol. The van der Waals surface area contributed by atoms with Gasteiger partial charge in [-0.3, -0.25) is 4.79 Å². The largest absolute Gasteiger partial charge is 0.365 e. The summed E-state index contributed by atoms with van der Waals surface area (Å²) in [4.78, 5) is 11.1. The molecule has 1 aromatic heterocycles. The lowest BCUT2D eigenvalue weighted by atomic mass is 10.1. The summed E-state index contributed by atoms with van der Waals surface area (Å²) in [5.74, 6) is -0.399. The van der Waals surface area contributed by atoms with E-state index < -0.39 is 5.91 Å². The highest BCUT2D eigenvalue weighted by Gasteiger charge is 2.07. The van der Waals surface area contributed by atoms with Crippen molar-refractivity contribution in [2.24, 2.45) is 5.73 Å². The number of rotatable bonds is 3. The SMILES string of the molecule is Cc1cccc(C[n+]2cccc(C(N)=O)c2)c1. The van der Waals surface area contributed by atoms with Crippen LogP contribution < -0.4 is 10.3 Å². The molecule has 0 fully saturated rings. The summed E-state index contributed by atoms with van der Waals surface area (Å²) < 4.78 is 1.95. The third-order valence-corrected chi connectivity index (χ3v) is 2.59. The number of pyridine rings is 1. The van der Waals surface area contributed by atoms with Crippen LogP contribution in [-0.2, 0) is 6.54 Å². The van der Waals surface area contributed by atoms with Crippen LogP contribution in [0.3, 0.4) is 0 Å². The van der Waals surface area contributed by atoms with Crippen LogP contribution in [0.4, 0.5) is 0 Å². The van der Waals surface area contributed by atoms with Gasteiger partial charge in [0.1, 0.15) is 5.56 Å². The van der Waals surface area contributed by atoms with Gasteiger partial charge in [0.15, 0.2) is 18.9 Å². The van der Waals surface area contributed by atoms with Crippen LogP contribution in [-0.4, -0.2) is 5.91 Å². The number of amides is 1. The Morgan fingerprint density at radius 3 is 2.82 bits per heavy atom. The van der Waals surface area contributed by atoms with Gasteiger partial charge < -0.3 is 5.73 Å². The van der Waals surface area contributed by atoms with Gasteiger partial charge in [-0.1, -0.05) is 23.8 Å². The molecule has 0 saturated heterocycles. The van der Waals surface area contributed by atoms with E-state index in [0.717, 1.165) is 6.54 Å². The number of carbonyl (C=O) groups is 1. The van der Waals surface area contributed by atoms with Crippen molar-refractivity contribution in [2.75, 3.05) is 0 Å². The van der Waals surface area contributed by atoms with Gasteiger partial charge >= 0.3 is 0 Å². The van der Waals surface area contributed by atoms with Crippen LogP contribution in [0.2, 0.25) is 0 Å². The van der Waals surface area contributed by atoms with Crippen LogP contribution in [0.15, 0.2) is 48.8 Å². The molecule has 17 heavy (non-hydrogen) atoms. The molecule has 1 amide bonds. The van der Waals surface area contributed by atoms with E-state index in [1.807, 2.05) is 22.9 Å². The minimum absolute atomic E-state index is 0.399. The molecule has 0 saturated carbocycles. The fraction of sp³-hybridized carbons (Fsp3) is 0.143. The smallest absolute Gasteiger partial charge is 0.254 e. The molecule has 0 bridgehead atoms. The normalized spacial score (nSPS) is 10.2. The summed E-state index contributed by atoms with van der Waals surface area (Å²) in [7, 11) is 0. The summed E-state index contributed by atoms with van der Waals surface area (Å²) in [6.07, 6.45) is 3.69. The molecule has 0 aliphatic carbocycles. The van der Waals surface area contributed by atoms with Crippen molar-refractivity contribution in [2.45, 2.75) is 13.5 Å². The molecule has 0 unspecified atom stereocenters. The predicted octanol–water partition coefficient (Wildman–Crippen LogP) is 1.43.